The van der Waals surface area contributed by atoms with E-state index in [-0.39, 0.29) is 5.97 Å². The van der Waals surface area contributed by atoms with Crippen LogP contribution in [0.3, 0.4) is 0 Å². The molecular formula is C19H27NO3. The summed E-state index contributed by atoms with van der Waals surface area (Å²) in [5, 5.41) is 0. The van der Waals surface area contributed by atoms with Crippen molar-refractivity contribution in [1.82, 2.24) is 4.90 Å². The van der Waals surface area contributed by atoms with Crippen LogP contribution in [-0.4, -0.2) is 44.3 Å². The Bertz CT molecular complexity index is 542. The van der Waals surface area contributed by atoms with Crippen molar-refractivity contribution < 1.29 is 14.3 Å². The summed E-state index contributed by atoms with van der Waals surface area (Å²) >= 11 is 0. The Morgan fingerprint density at radius 1 is 1.22 bits per heavy atom. The second kappa shape index (κ2) is 7.02. The van der Waals surface area contributed by atoms with Crippen molar-refractivity contribution in [3.05, 3.63) is 35.4 Å². The maximum Gasteiger partial charge on any atom is 0.337 e. The molecule has 3 rings (SSSR count). The smallest absolute Gasteiger partial charge is 0.337 e. The summed E-state index contributed by atoms with van der Waals surface area (Å²) in [5.41, 5.74) is 2.22. The fourth-order valence-corrected chi connectivity index (χ4v) is 4.46. The maximum atomic E-state index is 11.5. The lowest BCUT2D eigenvalue weighted by molar-refractivity contribution is -0.0366. The second-order valence-corrected chi connectivity index (χ2v) is 6.98. The molecule has 1 spiro atoms. The molecule has 1 aromatic carbocycles. The van der Waals surface area contributed by atoms with Gasteiger partial charge in [-0.05, 0) is 49.9 Å². The number of methoxy groups -OCH3 is 2. The zero-order valence-corrected chi connectivity index (χ0v) is 14.2. The zero-order valence-electron chi connectivity index (χ0n) is 14.2. The van der Waals surface area contributed by atoms with E-state index in [0.29, 0.717) is 17.1 Å². The van der Waals surface area contributed by atoms with Gasteiger partial charge in [-0.2, -0.15) is 0 Å². The van der Waals surface area contributed by atoms with E-state index in [0.717, 1.165) is 19.6 Å². The summed E-state index contributed by atoms with van der Waals surface area (Å²) in [6, 6.07) is 7.79. The van der Waals surface area contributed by atoms with Crippen LogP contribution in [0, 0.1) is 5.41 Å². The van der Waals surface area contributed by atoms with Crippen LogP contribution in [0.2, 0.25) is 0 Å². The molecule has 0 bridgehead atoms. The molecule has 0 radical (unpaired) electrons. The Labute approximate surface area is 138 Å². The number of hydrogen-bond acceptors (Lipinski definition) is 4. The highest BCUT2D eigenvalue weighted by Gasteiger charge is 2.45. The van der Waals surface area contributed by atoms with Crippen molar-refractivity contribution in [3.8, 4) is 0 Å². The first-order valence-electron chi connectivity index (χ1n) is 8.59. The highest BCUT2D eigenvalue weighted by atomic mass is 16.5. The number of benzene rings is 1. The minimum Gasteiger partial charge on any atom is -0.465 e. The van der Waals surface area contributed by atoms with Gasteiger partial charge in [-0.3, -0.25) is 4.90 Å². The summed E-state index contributed by atoms with van der Waals surface area (Å²) < 4.78 is 10.5. The van der Waals surface area contributed by atoms with Gasteiger partial charge in [0, 0.05) is 25.6 Å². The summed E-state index contributed by atoms with van der Waals surface area (Å²) in [7, 11) is 3.28. The summed E-state index contributed by atoms with van der Waals surface area (Å²) in [6.07, 6.45) is 6.76. The average Bonchev–Trinajstić information content (AvgIpc) is 2.96. The first kappa shape index (κ1) is 16.5. The Balaban J connectivity index is 1.65. The minimum absolute atomic E-state index is 0.276. The molecule has 126 valence electrons. The molecule has 4 heteroatoms. The molecule has 2 fully saturated rings. The SMILES string of the molecule is COC(=O)c1ccc(CN2CCC[C@]3(CCC[C@H]3OC)C2)cc1. The first-order valence-corrected chi connectivity index (χ1v) is 8.59. The monoisotopic (exact) mass is 317 g/mol. The molecule has 1 aliphatic heterocycles. The topological polar surface area (TPSA) is 38.8 Å². The molecule has 1 heterocycles. The predicted molar refractivity (Wildman–Crippen MR) is 89.4 cm³/mol. The van der Waals surface area contributed by atoms with Crippen LogP contribution in [0.25, 0.3) is 0 Å². The minimum atomic E-state index is -0.276. The van der Waals surface area contributed by atoms with Crippen LogP contribution >= 0.6 is 0 Å². The van der Waals surface area contributed by atoms with E-state index in [1.165, 1.54) is 44.8 Å². The maximum absolute atomic E-state index is 11.5. The Morgan fingerprint density at radius 2 is 1.96 bits per heavy atom. The number of carbonyl (C=O) groups is 1. The van der Waals surface area contributed by atoms with Crippen LogP contribution in [0.5, 0.6) is 0 Å². The van der Waals surface area contributed by atoms with Gasteiger partial charge in [-0.15, -0.1) is 0 Å². The van der Waals surface area contributed by atoms with Crippen molar-refractivity contribution in [1.29, 1.82) is 0 Å². The molecule has 2 aliphatic rings. The number of carbonyl (C=O) groups excluding carboxylic acids is 1. The number of nitrogens with zero attached hydrogens (tertiary/aromatic N) is 1. The van der Waals surface area contributed by atoms with Gasteiger partial charge in [0.15, 0.2) is 0 Å². The third-order valence-electron chi connectivity index (χ3n) is 5.58. The summed E-state index contributed by atoms with van der Waals surface area (Å²) in [6.45, 7) is 3.22. The van der Waals surface area contributed by atoms with Gasteiger partial charge in [0.1, 0.15) is 0 Å². The van der Waals surface area contributed by atoms with E-state index in [2.05, 4.69) is 4.90 Å². The van der Waals surface area contributed by atoms with Gasteiger partial charge in [-0.1, -0.05) is 18.6 Å². The van der Waals surface area contributed by atoms with Gasteiger partial charge in [0.2, 0.25) is 0 Å². The Kier molecular flexibility index (Phi) is 5.02. The van der Waals surface area contributed by atoms with E-state index in [9.17, 15) is 4.79 Å². The molecule has 0 N–H and O–H groups in total. The fraction of sp³-hybridized carbons (Fsp3) is 0.632. The van der Waals surface area contributed by atoms with Crippen molar-refractivity contribution in [3.63, 3.8) is 0 Å². The average molecular weight is 317 g/mol. The van der Waals surface area contributed by atoms with Crippen LogP contribution in [-0.2, 0) is 16.0 Å². The van der Waals surface area contributed by atoms with Gasteiger partial charge in [0.05, 0.1) is 18.8 Å². The first-order chi connectivity index (χ1) is 11.2. The molecule has 0 unspecified atom stereocenters. The molecule has 0 amide bonds. The molecule has 1 saturated carbocycles. The number of esters is 1. The van der Waals surface area contributed by atoms with E-state index in [4.69, 9.17) is 9.47 Å². The largest absolute Gasteiger partial charge is 0.465 e. The lowest BCUT2D eigenvalue weighted by atomic mass is 9.76. The molecule has 2 atom stereocenters. The van der Waals surface area contributed by atoms with Crippen LogP contribution < -0.4 is 0 Å². The van der Waals surface area contributed by atoms with Gasteiger partial charge in [-0.25, -0.2) is 4.79 Å². The number of likely N-dealkylation sites (tertiary alicyclic amines) is 1. The van der Waals surface area contributed by atoms with Crippen molar-refractivity contribution in [2.24, 2.45) is 5.41 Å². The van der Waals surface area contributed by atoms with Crippen molar-refractivity contribution >= 4 is 5.97 Å². The molecule has 1 aliphatic carbocycles. The molecule has 1 saturated heterocycles. The highest BCUT2D eigenvalue weighted by Crippen LogP contribution is 2.46. The van der Waals surface area contributed by atoms with Crippen LogP contribution in [0.1, 0.15) is 48.0 Å². The zero-order chi connectivity index (χ0) is 16.3. The van der Waals surface area contributed by atoms with Gasteiger partial charge in [0.25, 0.3) is 0 Å². The highest BCUT2D eigenvalue weighted by molar-refractivity contribution is 5.89. The van der Waals surface area contributed by atoms with Gasteiger partial charge < -0.3 is 9.47 Å². The normalized spacial score (nSPS) is 28.2. The Morgan fingerprint density at radius 3 is 2.65 bits per heavy atom. The van der Waals surface area contributed by atoms with E-state index >= 15 is 0 Å². The third-order valence-corrected chi connectivity index (χ3v) is 5.58. The standard InChI is InChI=1S/C19H27NO3/c1-22-17-5-3-10-19(17)11-4-12-20(14-19)13-15-6-8-16(9-7-15)18(21)23-2/h6-9,17H,3-5,10-14H2,1-2H3/t17-,19-/m1/s1. The number of hydrogen-bond donors (Lipinski definition) is 0. The van der Waals surface area contributed by atoms with E-state index < -0.39 is 0 Å². The van der Waals surface area contributed by atoms with E-state index in [1.807, 2.05) is 31.4 Å². The van der Waals surface area contributed by atoms with Crippen LogP contribution in [0.4, 0.5) is 0 Å². The predicted octanol–water partition coefficient (Wildman–Crippen LogP) is 3.25. The molecule has 4 nitrogen and oxygen atoms in total. The lowest BCUT2D eigenvalue weighted by Gasteiger charge is -2.43. The van der Waals surface area contributed by atoms with Gasteiger partial charge >= 0.3 is 5.97 Å². The van der Waals surface area contributed by atoms with Crippen LogP contribution in [0.15, 0.2) is 24.3 Å². The number of piperidine rings is 1. The summed E-state index contributed by atoms with van der Waals surface area (Å²) in [4.78, 5) is 14.1. The quantitative estimate of drug-likeness (QED) is 0.799. The lowest BCUT2D eigenvalue weighted by Crippen LogP contribution is -2.47. The molecular weight excluding hydrogens is 290 g/mol. The molecule has 23 heavy (non-hydrogen) atoms. The number of ether oxygens (including phenoxy) is 2. The number of rotatable bonds is 4. The van der Waals surface area contributed by atoms with Crippen molar-refractivity contribution in [2.75, 3.05) is 27.3 Å². The Hall–Kier alpha value is -1.39. The van der Waals surface area contributed by atoms with E-state index in [1.54, 1.807) is 0 Å². The summed E-state index contributed by atoms with van der Waals surface area (Å²) in [5.74, 6) is -0.276. The molecule has 1 aromatic rings. The second-order valence-electron chi connectivity index (χ2n) is 6.98. The molecule has 0 aromatic heterocycles. The fourth-order valence-electron chi connectivity index (χ4n) is 4.46. The van der Waals surface area contributed by atoms with Crippen molar-refractivity contribution in [2.45, 2.75) is 44.8 Å². The third kappa shape index (κ3) is 3.43.